The molecule has 22 heavy (non-hydrogen) atoms. The molecule has 3 nitrogen and oxygen atoms in total. The summed E-state index contributed by atoms with van der Waals surface area (Å²) in [5.74, 6) is 0.455. The van der Waals surface area contributed by atoms with E-state index in [-0.39, 0.29) is 29.1 Å². The smallest absolute Gasteiger partial charge is 0.238 e. The third-order valence-electron chi connectivity index (χ3n) is 6.45. The Balaban J connectivity index is 1.59. The van der Waals surface area contributed by atoms with E-state index >= 15 is 0 Å². The van der Waals surface area contributed by atoms with Crippen molar-refractivity contribution in [1.29, 1.82) is 0 Å². The second-order valence-electron chi connectivity index (χ2n) is 7.52. The lowest BCUT2D eigenvalue weighted by molar-refractivity contribution is -0.123. The summed E-state index contributed by atoms with van der Waals surface area (Å²) in [5.41, 5.74) is 3.20. The van der Waals surface area contributed by atoms with Gasteiger partial charge in [0, 0.05) is 0 Å². The number of anilines is 1. The van der Waals surface area contributed by atoms with Crippen LogP contribution in [0.15, 0.2) is 30.4 Å². The van der Waals surface area contributed by atoms with Crippen molar-refractivity contribution in [3.05, 3.63) is 41.5 Å². The number of allylic oxidation sites excluding steroid dienone is 2. The largest absolute Gasteiger partial charge is 0.274 e. The molecule has 1 spiro atoms. The number of amides is 2. The minimum Gasteiger partial charge on any atom is -0.274 e. The van der Waals surface area contributed by atoms with Crippen LogP contribution in [0.5, 0.6) is 0 Å². The van der Waals surface area contributed by atoms with Gasteiger partial charge in [-0.1, -0.05) is 29.8 Å². The molecule has 3 aliphatic carbocycles. The van der Waals surface area contributed by atoms with E-state index in [9.17, 15) is 9.59 Å². The quantitative estimate of drug-likeness (QED) is 0.589. The maximum Gasteiger partial charge on any atom is 0.238 e. The van der Waals surface area contributed by atoms with Crippen LogP contribution in [0.2, 0.25) is 0 Å². The maximum absolute atomic E-state index is 13.0. The van der Waals surface area contributed by atoms with Gasteiger partial charge in [-0.15, -0.1) is 0 Å². The van der Waals surface area contributed by atoms with Gasteiger partial charge in [0.15, 0.2) is 0 Å². The lowest BCUT2D eigenvalue weighted by Crippen LogP contribution is -2.35. The monoisotopic (exact) mass is 293 g/mol. The predicted molar refractivity (Wildman–Crippen MR) is 83.2 cm³/mol. The number of nitrogens with zero attached hydrogens (tertiary/aromatic N) is 1. The first kappa shape index (κ1) is 12.6. The van der Waals surface area contributed by atoms with Gasteiger partial charge in [0.1, 0.15) is 0 Å². The number of fused-ring (bicyclic) bond motifs is 3. The van der Waals surface area contributed by atoms with Gasteiger partial charge in [0.05, 0.1) is 17.5 Å². The molecule has 3 heteroatoms. The number of rotatable bonds is 1. The summed E-state index contributed by atoms with van der Waals surface area (Å²) in [6.45, 7) is 4.01. The Morgan fingerprint density at radius 3 is 2.09 bits per heavy atom. The molecule has 1 aliphatic heterocycles. The lowest BCUT2D eigenvalue weighted by atomic mass is 9.85. The predicted octanol–water partition coefficient (Wildman–Crippen LogP) is 3.01. The van der Waals surface area contributed by atoms with E-state index in [1.165, 1.54) is 17.7 Å². The van der Waals surface area contributed by atoms with Gasteiger partial charge < -0.3 is 0 Å². The Bertz CT molecular complexity index is 725. The fourth-order valence-corrected chi connectivity index (χ4v) is 5.37. The van der Waals surface area contributed by atoms with Gasteiger partial charge >= 0.3 is 0 Å². The van der Waals surface area contributed by atoms with Crippen LogP contribution in [-0.4, -0.2) is 11.8 Å². The molecule has 2 amide bonds. The summed E-state index contributed by atoms with van der Waals surface area (Å²) < 4.78 is 0. The third kappa shape index (κ3) is 1.25. The highest BCUT2D eigenvalue weighted by atomic mass is 16.2. The molecule has 1 heterocycles. The molecular weight excluding hydrogens is 274 g/mol. The average molecular weight is 293 g/mol. The van der Waals surface area contributed by atoms with E-state index in [0.29, 0.717) is 11.8 Å². The Morgan fingerprint density at radius 1 is 1.00 bits per heavy atom. The molecule has 2 bridgehead atoms. The third-order valence-corrected chi connectivity index (χ3v) is 6.45. The highest BCUT2D eigenvalue weighted by Crippen LogP contribution is 2.73. The fourth-order valence-electron chi connectivity index (χ4n) is 5.37. The summed E-state index contributed by atoms with van der Waals surface area (Å²) in [5, 5.41) is 0. The van der Waals surface area contributed by atoms with E-state index < -0.39 is 0 Å². The first-order valence-electron chi connectivity index (χ1n) is 8.18. The molecule has 5 rings (SSSR count). The van der Waals surface area contributed by atoms with Gasteiger partial charge in [-0.05, 0) is 55.6 Å². The van der Waals surface area contributed by atoms with Gasteiger partial charge in [-0.25, -0.2) is 4.90 Å². The summed E-state index contributed by atoms with van der Waals surface area (Å²) in [4.78, 5) is 27.5. The highest BCUT2D eigenvalue weighted by molar-refractivity contribution is 6.23. The van der Waals surface area contributed by atoms with Crippen molar-refractivity contribution in [3.63, 3.8) is 0 Å². The van der Waals surface area contributed by atoms with Crippen LogP contribution >= 0.6 is 0 Å². The first-order chi connectivity index (χ1) is 10.5. The van der Waals surface area contributed by atoms with Gasteiger partial charge in [0.25, 0.3) is 0 Å². The standard InChI is InChI=1S/C19H19NO2/c1-10-3-6-14(11(2)9-10)20-17(21)15-12-4-5-13(16(15)18(20)22)19(12)7-8-19/h3-6,9,12-13,15-16H,7-8H2,1-2H3/t12-,13?,15-,16+/m1/s1. The lowest BCUT2D eigenvalue weighted by Gasteiger charge is -2.23. The normalized spacial score (nSPS) is 36.5. The van der Waals surface area contributed by atoms with Crippen LogP contribution in [-0.2, 0) is 9.59 Å². The zero-order valence-electron chi connectivity index (χ0n) is 12.9. The molecule has 4 atom stereocenters. The van der Waals surface area contributed by atoms with Crippen molar-refractivity contribution in [2.24, 2.45) is 29.1 Å². The second-order valence-corrected chi connectivity index (χ2v) is 7.52. The van der Waals surface area contributed by atoms with E-state index in [1.807, 2.05) is 32.0 Å². The van der Waals surface area contributed by atoms with Crippen LogP contribution in [0.3, 0.4) is 0 Å². The van der Waals surface area contributed by atoms with E-state index in [4.69, 9.17) is 0 Å². The summed E-state index contributed by atoms with van der Waals surface area (Å²) >= 11 is 0. The van der Waals surface area contributed by atoms with Crippen LogP contribution < -0.4 is 4.90 Å². The number of carbonyl (C=O) groups excluding carboxylic acids is 2. The van der Waals surface area contributed by atoms with Crippen molar-refractivity contribution >= 4 is 17.5 Å². The second kappa shape index (κ2) is 3.70. The maximum atomic E-state index is 13.0. The molecule has 1 aromatic carbocycles. The Morgan fingerprint density at radius 2 is 1.59 bits per heavy atom. The van der Waals surface area contributed by atoms with Crippen LogP contribution in [0.1, 0.15) is 24.0 Å². The average Bonchev–Trinajstić information content (AvgIpc) is 3.07. The first-order valence-corrected chi connectivity index (χ1v) is 8.18. The molecule has 1 aromatic rings. The minimum atomic E-state index is -0.106. The summed E-state index contributed by atoms with van der Waals surface area (Å²) in [6.07, 6.45) is 6.81. The van der Waals surface area contributed by atoms with Crippen molar-refractivity contribution in [2.45, 2.75) is 26.7 Å². The van der Waals surface area contributed by atoms with E-state index in [1.54, 1.807) is 0 Å². The Labute approximate surface area is 130 Å². The number of hydrogen-bond acceptors (Lipinski definition) is 2. The van der Waals surface area contributed by atoms with Gasteiger partial charge in [-0.3, -0.25) is 9.59 Å². The Kier molecular flexibility index (Phi) is 2.13. The van der Waals surface area contributed by atoms with Crippen molar-refractivity contribution in [3.8, 4) is 0 Å². The molecule has 1 saturated heterocycles. The van der Waals surface area contributed by atoms with Crippen molar-refractivity contribution in [1.82, 2.24) is 0 Å². The number of benzene rings is 1. The highest BCUT2D eigenvalue weighted by Gasteiger charge is 2.73. The molecular formula is C19H19NO2. The molecule has 3 fully saturated rings. The molecule has 2 saturated carbocycles. The van der Waals surface area contributed by atoms with Crippen LogP contribution in [0.25, 0.3) is 0 Å². The Hall–Kier alpha value is -1.90. The van der Waals surface area contributed by atoms with Crippen LogP contribution in [0, 0.1) is 42.9 Å². The topological polar surface area (TPSA) is 37.4 Å². The minimum absolute atomic E-state index is 0.0325. The molecule has 0 N–H and O–H groups in total. The zero-order chi connectivity index (χ0) is 15.2. The zero-order valence-corrected chi connectivity index (χ0v) is 12.9. The molecule has 4 aliphatic rings. The summed E-state index contributed by atoms with van der Waals surface area (Å²) in [6, 6.07) is 5.94. The number of carbonyl (C=O) groups is 2. The number of imide groups is 1. The van der Waals surface area contributed by atoms with E-state index in [2.05, 4.69) is 12.2 Å². The summed E-state index contributed by atoms with van der Waals surface area (Å²) in [7, 11) is 0. The SMILES string of the molecule is Cc1ccc(N2C(=O)[C@@H]3[C@H]4C=CC([C@@H]3C2=O)C42CC2)c(C)c1. The number of aryl methyl sites for hydroxylation is 2. The van der Waals surface area contributed by atoms with Gasteiger partial charge in [0.2, 0.25) is 11.8 Å². The van der Waals surface area contributed by atoms with Crippen molar-refractivity contribution in [2.75, 3.05) is 4.90 Å². The van der Waals surface area contributed by atoms with Gasteiger partial charge in [-0.2, -0.15) is 0 Å². The van der Waals surface area contributed by atoms with Crippen molar-refractivity contribution < 1.29 is 9.59 Å². The van der Waals surface area contributed by atoms with E-state index in [0.717, 1.165) is 16.8 Å². The van der Waals surface area contributed by atoms with Crippen LogP contribution in [0.4, 0.5) is 5.69 Å². The number of hydrogen-bond donors (Lipinski definition) is 0. The molecule has 0 radical (unpaired) electrons. The fraction of sp³-hybridized carbons (Fsp3) is 0.474. The molecule has 1 unspecified atom stereocenters. The molecule has 0 aromatic heterocycles. The molecule has 112 valence electrons.